The van der Waals surface area contributed by atoms with Gasteiger partial charge in [0.1, 0.15) is 12.4 Å². The number of halogens is 1. The van der Waals surface area contributed by atoms with Crippen LogP contribution in [0.2, 0.25) is 5.02 Å². The van der Waals surface area contributed by atoms with E-state index in [0.29, 0.717) is 38.0 Å². The molecule has 5 rings (SSSR count). The molecule has 0 saturated carbocycles. The van der Waals surface area contributed by atoms with Gasteiger partial charge in [-0.25, -0.2) is 9.79 Å². The lowest BCUT2D eigenvalue weighted by Gasteiger charge is -2.24. The van der Waals surface area contributed by atoms with Crippen LogP contribution in [-0.4, -0.2) is 17.1 Å². The Morgan fingerprint density at radius 3 is 2.47 bits per heavy atom. The van der Waals surface area contributed by atoms with E-state index in [4.69, 9.17) is 21.1 Å². The number of fused-ring (bicyclic) bond motifs is 1. The number of carbonyl (C=O) groups is 1. The Kier molecular flexibility index (Phi) is 7.58. The molecule has 0 saturated heterocycles. The number of ether oxygens (including phenoxy) is 2. The molecule has 0 radical (unpaired) electrons. The van der Waals surface area contributed by atoms with Crippen LogP contribution in [0.4, 0.5) is 0 Å². The van der Waals surface area contributed by atoms with E-state index in [0.717, 1.165) is 16.7 Å². The molecular weight excluding hydrogens is 520 g/mol. The van der Waals surface area contributed by atoms with Crippen molar-refractivity contribution < 1.29 is 14.3 Å². The molecular formula is C30H25ClN2O4S. The van der Waals surface area contributed by atoms with Gasteiger partial charge in [0.25, 0.3) is 5.56 Å². The van der Waals surface area contributed by atoms with E-state index in [-0.39, 0.29) is 12.2 Å². The molecule has 0 bridgehead atoms. The van der Waals surface area contributed by atoms with Crippen LogP contribution in [0.3, 0.4) is 0 Å². The monoisotopic (exact) mass is 544 g/mol. The van der Waals surface area contributed by atoms with Crippen molar-refractivity contribution in [1.82, 2.24) is 4.57 Å². The molecule has 0 aliphatic carbocycles. The average Bonchev–Trinajstić information content (AvgIpc) is 3.23. The first kappa shape index (κ1) is 25.7. The maximum absolute atomic E-state index is 13.7. The van der Waals surface area contributed by atoms with Gasteiger partial charge in [0.05, 0.1) is 28.5 Å². The first-order chi connectivity index (χ1) is 18.5. The molecule has 1 atom stereocenters. The molecule has 0 amide bonds. The van der Waals surface area contributed by atoms with Crippen molar-refractivity contribution >= 4 is 35.0 Å². The lowest BCUT2D eigenvalue weighted by molar-refractivity contribution is -0.139. The molecule has 0 spiro atoms. The molecule has 8 heteroatoms. The summed E-state index contributed by atoms with van der Waals surface area (Å²) in [6, 6.07) is 23.9. The van der Waals surface area contributed by atoms with E-state index >= 15 is 0 Å². The average molecular weight is 545 g/mol. The summed E-state index contributed by atoms with van der Waals surface area (Å²) in [7, 11) is 0. The number of aromatic nitrogens is 1. The van der Waals surface area contributed by atoms with Crippen LogP contribution in [0, 0.1) is 0 Å². The molecule has 1 aromatic heterocycles. The SMILES string of the molecule is CCOC(=O)C1=C(C)N=c2sc(=Cc3ccc(OCc4ccccc4Cl)cc3)c(=O)n2C1c1ccccc1. The normalized spacial score (nSPS) is 15.1. The van der Waals surface area contributed by atoms with E-state index < -0.39 is 12.0 Å². The summed E-state index contributed by atoms with van der Waals surface area (Å²) >= 11 is 7.51. The number of carbonyl (C=O) groups excluding carboxylic acids is 1. The summed E-state index contributed by atoms with van der Waals surface area (Å²) < 4.78 is 13.3. The third kappa shape index (κ3) is 5.21. The van der Waals surface area contributed by atoms with Crippen molar-refractivity contribution in [2.24, 2.45) is 4.99 Å². The van der Waals surface area contributed by atoms with Gasteiger partial charge in [-0.1, -0.05) is 83.6 Å². The van der Waals surface area contributed by atoms with Gasteiger partial charge in [0.15, 0.2) is 4.80 Å². The third-order valence-electron chi connectivity index (χ3n) is 6.16. The molecule has 3 aromatic carbocycles. The number of allylic oxidation sites excluding steroid dienone is 1. The predicted octanol–water partition coefficient (Wildman–Crippen LogP) is 5.03. The Morgan fingerprint density at radius 1 is 1.05 bits per heavy atom. The van der Waals surface area contributed by atoms with Crippen LogP contribution in [-0.2, 0) is 16.1 Å². The van der Waals surface area contributed by atoms with E-state index in [1.54, 1.807) is 18.4 Å². The second kappa shape index (κ2) is 11.2. The largest absolute Gasteiger partial charge is 0.489 e. The highest BCUT2D eigenvalue weighted by atomic mass is 35.5. The zero-order chi connectivity index (χ0) is 26.6. The van der Waals surface area contributed by atoms with Crippen LogP contribution < -0.4 is 19.6 Å². The fourth-order valence-electron chi connectivity index (χ4n) is 4.33. The molecule has 0 N–H and O–H groups in total. The molecule has 1 aliphatic heterocycles. The molecule has 0 fully saturated rings. The molecule has 192 valence electrons. The van der Waals surface area contributed by atoms with Gasteiger partial charge in [-0.15, -0.1) is 0 Å². The molecule has 1 unspecified atom stereocenters. The van der Waals surface area contributed by atoms with Crippen molar-refractivity contribution in [3.8, 4) is 5.75 Å². The Balaban J connectivity index is 1.49. The molecule has 4 aromatic rings. The van der Waals surface area contributed by atoms with Gasteiger partial charge in [-0.3, -0.25) is 9.36 Å². The van der Waals surface area contributed by atoms with Gasteiger partial charge >= 0.3 is 5.97 Å². The third-order valence-corrected chi connectivity index (χ3v) is 7.51. The van der Waals surface area contributed by atoms with Crippen LogP contribution >= 0.6 is 22.9 Å². The fourth-order valence-corrected chi connectivity index (χ4v) is 5.57. The predicted molar refractivity (Wildman–Crippen MR) is 149 cm³/mol. The van der Waals surface area contributed by atoms with E-state index in [1.807, 2.05) is 84.9 Å². The zero-order valence-electron chi connectivity index (χ0n) is 20.9. The van der Waals surface area contributed by atoms with Crippen molar-refractivity contribution in [3.63, 3.8) is 0 Å². The number of thiazole rings is 1. The summed E-state index contributed by atoms with van der Waals surface area (Å²) in [6.45, 7) is 4.13. The molecule has 38 heavy (non-hydrogen) atoms. The van der Waals surface area contributed by atoms with Gasteiger partial charge in [0, 0.05) is 10.6 Å². The second-order valence-electron chi connectivity index (χ2n) is 8.66. The Morgan fingerprint density at radius 2 is 1.76 bits per heavy atom. The smallest absolute Gasteiger partial charge is 0.338 e. The number of esters is 1. The number of hydrogen-bond acceptors (Lipinski definition) is 6. The summed E-state index contributed by atoms with van der Waals surface area (Å²) in [5.74, 6) is 0.228. The first-order valence-corrected chi connectivity index (χ1v) is 13.4. The lowest BCUT2D eigenvalue weighted by Crippen LogP contribution is -2.39. The molecule has 1 aliphatic rings. The number of rotatable bonds is 7. The highest BCUT2D eigenvalue weighted by Crippen LogP contribution is 2.30. The quantitative estimate of drug-likeness (QED) is 0.306. The van der Waals surface area contributed by atoms with Gasteiger partial charge in [0.2, 0.25) is 0 Å². The van der Waals surface area contributed by atoms with Crippen LogP contribution in [0.5, 0.6) is 5.75 Å². The highest BCUT2D eigenvalue weighted by Gasteiger charge is 2.33. The molecule has 2 heterocycles. The number of hydrogen-bond donors (Lipinski definition) is 0. The van der Waals surface area contributed by atoms with Crippen molar-refractivity contribution in [2.75, 3.05) is 6.61 Å². The maximum atomic E-state index is 13.7. The van der Waals surface area contributed by atoms with Crippen LogP contribution in [0.25, 0.3) is 6.08 Å². The standard InChI is InChI=1S/C30H25ClN2O4S/c1-3-36-29(35)26-19(2)32-30-33(27(26)21-9-5-4-6-10-21)28(34)25(38-30)17-20-13-15-23(16-14-20)37-18-22-11-7-8-12-24(22)31/h4-17,27H,3,18H2,1-2H3. The van der Waals surface area contributed by atoms with Crippen molar-refractivity contribution in [2.45, 2.75) is 26.5 Å². The van der Waals surface area contributed by atoms with E-state index in [9.17, 15) is 9.59 Å². The van der Waals surface area contributed by atoms with Gasteiger partial charge in [-0.05, 0) is 49.2 Å². The van der Waals surface area contributed by atoms with Crippen molar-refractivity contribution in [1.29, 1.82) is 0 Å². The topological polar surface area (TPSA) is 69.9 Å². The first-order valence-electron chi connectivity index (χ1n) is 12.2. The van der Waals surface area contributed by atoms with Gasteiger partial charge < -0.3 is 9.47 Å². The number of nitrogens with zero attached hydrogens (tertiary/aromatic N) is 2. The highest BCUT2D eigenvalue weighted by molar-refractivity contribution is 7.07. The minimum Gasteiger partial charge on any atom is -0.489 e. The van der Waals surface area contributed by atoms with E-state index in [1.165, 1.54) is 11.3 Å². The number of benzene rings is 3. The summed E-state index contributed by atoms with van der Waals surface area (Å²) in [6.07, 6.45) is 1.83. The minimum atomic E-state index is -0.616. The van der Waals surface area contributed by atoms with E-state index in [2.05, 4.69) is 4.99 Å². The minimum absolute atomic E-state index is 0.212. The summed E-state index contributed by atoms with van der Waals surface area (Å²) in [4.78, 5) is 31.7. The maximum Gasteiger partial charge on any atom is 0.338 e. The lowest BCUT2D eigenvalue weighted by atomic mass is 9.96. The Labute approximate surface area is 228 Å². The second-order valence-corrected chi connectivity index (χ2v) is 10.1. The van der Waals surface area contributed by atoms with Crippen LogP contribution in [0.15, 0.2) is 99.9 Å². The summed E-state index contributed by atoms with van der Waals surface area (Å²) in [5, 5.41) is 0.662. The fraction of sp³-hybridized carbons (Fsp3) is 0.167. The Bertz CT molecular complexity index is 1690. The zero-order valence-corrected chi connectivity index (χ0v) is 22.5. The summed E-state index contributed by atoms with van der Waals surface area (Å²) in [5.41, 5.74) is 3.28. The Hall–Kier alpha value is -3.94. The van der Waals surface area contributed by atoms with Crippen molar-refractivity contribution in [3.05, 3.63) is 132 Å². The molecule has 6 nitrogen and oxygen atoms in total. The van der Waals surface area contributed by atoms with Crippen LogP contribution in [0.1, 0.15) is 36.6 Å². The van der Waals surface area contributed by atoms with Gasteiger partial charge in [-0.2, -0.15) is 0 Å².